The molecule has 64 valence electrons. The average molecular weight is 172 g/mol. The van der Waals surface area contributed by atoms with E-state index in [1.807, 2.05) is 0 Å². The molecule has 0 saturated carbocycles. The molecule has 0 fully saturated rings. The number of carbonyl (C=O) groups is 2. The quantitative estimate of drug-likeness (QED) is 0.608. The van der Waals surface area contributed by atoms with Crippen LogP contribution in [0.2, 0.25) is 0 Å². The molecule has 13 heavy (non-hydrogen) atoms. The first-order valence-electron chi connectivity index (χ1n) is 4.06. The molecule has 2 nitrogen and oxygen atoms in total. The highest BCUT2D eigenvalue weighted by Gasteiger charge is 2.14. The van der Waals surface area contributed by atoms with E-state index in [0.29, 0.717) is 11.1 Å². The summed E-state index contributed by atoms with van der Waals surface area (Å²) in [5, 5.41) is 0. The predicted molar refractivity (Wildman–Crippen MR) is 49.8 cm³/mol. The van der Waals surface area contributed by atoms with Crippen molar-refractivity contribution in [1.82, 2.24) is 0 Å². The van der Waals surface area contributed by atoms with Gasteiger partial charge < -0.3 is 0 Å². The summed E-state index contributed by atoms with van der Waals surface area (Å²) in [5.41, 5.74) is 2.18. The summed E-state index contributed by atoms with van der Waals surface area (Å²) in [6, 6.07) is 5.14. The second kappa shape index (κ2) is 2.66. The first-order chi connectivity index (χ1) is 6.18. The summed E-state index contributed by atoms with van der Waals surface area (Å²) >= 11 is 0. The molecule has 2 heteroatoms. The van der Waals surface area contributed by atoms with Gasteiger partial charge in [0.15, 0.2) is 11.6 Å². The minimum absolute atomic E-state index is 0.0186. The van der Waals surface area contributed by atoms with Crippen LogP contribution >= 0.6 is 0 Å². The van der Waals surface area contributed by atoms with E-state index in [0.717, 1.165) is 5.56 Å². The Morgan fingerprint density at radius 3 is 2.69 bits per heavy atom. The maximum atomic E-state index is 11.2. The van der Waals surface area contributed by atoms with Crippen LogP contribution < -0.4 is 0 Å². The van der Waals surface area contributed by atoms with E-state index in [9.17, 15) is 9.59 Å². The van der Waals surface area contributed by atoms with E-state index in [-0.39, 0.29) is 11.6 Å². The monoisotopic (exact) mass is 172 g/mol. The molecule has 2 rings (SSSR count). The lowest BCUT2D eigenvalue weighted by Crippen LogP contribution is -1.96. The van der Waals surface area contributed by atoms with Crippen molar-refractivity contribution in [3.8, 4) is 0 Å². The molecule has 0 bridgehead atoms. The molecule has 0 unspecified atom stereocenters. The Morgan fingerprint density at radius 2 is 2.00 bits per heavy atom. The Morgan fingerprint density at radius 1 is 1.23 bits per heavy atom. The summed E-state index contributed by atoms with van der Waals surface area (Å²) in [6.07, 6.45) is 3.26. The highest BCUT2D eigenvalue weighted by atomic mass is 16.1. The Kier molecular flexibility index (Phi) is 1.62. The maximum Gasteiger partial charge on any atom is 0.186 e. The minimum atomic E-state index is 0.0186. The number of Topliss-reactive ketones (excluding diaryl/α,β-unsaturated/α-hetero) is 1. The SMILES string of the molecule is CC(=O)c1ccc2c(c1)C=CC2=O. The Balaban J connectivity index is 2.57. The van der Waals surface area contributed by atoms with Crippen LogP contribution in [0.15, 0.2) is 24.3 Å². The van der Waals surface area contributed by atoms with Gasteiger partial charge in [-0.15, -0.1) is 0 Å². The van der Waals surface area contributed by atoms with Crippen LogP contribution in [0.3, 0.4) is 0 Å². The summed E-state index contributed by atoms with van der Waals surface area (Å²) < 4.78 is 0. The predicted octanol–water partition coefficient (Wildman–Crippen LogP) is 2.10. The fourth-order valence-electron chi connectivity index (χ4n) is 1.40. The van der Waals surface area contributed by atoms with E-state index in [1.165, 1.54) is 13.0 Å². The summed E-state index contributed by atoms with van der Waals surface area (Å²) in [4.78, 5) is 22.2. The van der Waals surface area contributed by atoms with Crippen molar-refractivity contribution in [3.05, 3.63) is 41.0 Å². The number of ketones is 2. The van der Waals surface area contributed by atoms with Gasteiger partial charge in [0.25, 0.3) is 0 Å². The smallest absolute Gasteiger partial charge is 0.186 e. The molecule has 0 saturated heterocycles. The highest BCUT2D eigenvalue weighted by molar-refractivity contribution is 6.14. The number of allylic oxidation sites excluding steroid dienone is 1. The number of benzene rings is 1. The molecule has 0 amide bonds. The van der Waals surface area contributed by atoms with Crippen LogP contribution in [0.5, 0.6) is 0 Å². The van der Waals surface area contributed by atoms with Crippen molar-refractivity contribution in [2.75, 3.05) is 0 Å². The zero-order valence-corrected chi connectivity index (χ0v) is 7.20. The lowest BCUT2D eigenvalue weighted by molar-refractivity contribution is 0.101. The standard InChI is InChI=1S/C11H8O2/c1-7(12)8-2-4-10-9(6-8)3-5-11(10)13/h2-6H,1H3. The number of hydrogen-bond acceptors (Lipinski definition) is 2. The van der Waals surface area contributed by atoms with Crippen LogP contribution in [-0.4, -0.2) is 11.6 Å². The molecule has 0 aliphatic heterocycles. The van der Waals surface area contributed by atoms with Crippen LogP contribution in [0.1, 0.15) is 33.2 Å². The van der Waals surface area contributed by atoms with Gasteiger partial charge in [-0.3, -0.25) is 9.59 Å². The molecule has 0 aromatic heterocycles. The highest BCUT2D eigenvalue weighted by Crippen LogP contribution is 2.20. The Labute approximate surface area is 75.9 Å². The molecule has 1 aliphatic rings. The van der Waals surface area contributed by atoms with Gasteiger partial charge >= 0.3 is 0 Å². The Bertz CT molecular complexity index is 428. The van der Waals surface area contributed by atoms with Crippen LogP contribution in [0.4, 0.5) is 0 Å². The molecule has 1 aromatic carbocycles. The van der Waals surface area contributed by atoms with Gasteiger partial charge in [-0.25, -0.2) is 0 Å². The molecule has 0 heterocycles. The van der Waals surface area contributed by atoms with E-state index in [4.69, 9.17) is 0 Å². The van der Waals surface area contributed by atoms with Crippen LogP contribution in [0.25, 0.3) is 6.08 Å². The van der Waals surface area contributed by atoms with Gasteiger partial charge in [0.2, 0.25) is 0 Å². The molecule has 1 aliphatic carbocycles. The first kappa shape index (κ1) is 7.92. The van der Waals surface area contributed by atoms with E-state index >= 15 is 0 Å². The second-order valence-electron chi connectivity index (χ2n) is 3.06. The molecule has 0 N–H and O–H groups in total. The molecule has 0 spiro atoms. The van der Waals surface area contributed by atoms with Crippen LogP contribution in [0, 0.1) is 0 Å². The number of hydrogen-bond donors (Lipinski definition) is 0. The van der Waals surface area contributed by atoms with Gasteiger partial charge in [0, 0.05) is 11.1 Å². The normalized spacial score (nSPS) is 13.2. The summed E-state index contributed by atoms with van der Waals surface area (Å²) in [7, 11) is 0. The summed E-state index contributed by atoms with van der Waals surface area (Å²) in [5.74, 6) is 0.0423. The molecular weight excluding hydrogens is 164 g/mol. The van der Waals surface area contributed by atoms with Gasteiger partial charge in [0.05, 0.1) is 0 Å². The second-order valence-corrected chi connectivity index (χ2v) is 3.06. The number of rotatable bonds is 1. The van der Waals surface area contributed by atoms with Gasteiger partial charge in [0.1, 0.15) is 0 Å². The van der Waals surface area contributed by atoms with Crippen molar-refractivity contribution in [2.45, 2.75) is 6.92 Å². The first-order valence-corrected chi connectivity index (χ1v) is 4.06. The van der Waals surface area contributed by atoms with E-state index in [1.54, 1.807) is 24.3 Å². The Hall–Kier alpha value is -1.70. The molecular formula is C11H8O2. The molecule has 0 radical (unpaired) electrons. The molecule has 0 atom stereocenters. The van der Waals surface area contributed by atoms with Crippen molar-refractivity contribution in [3.63, 3.8) is 0 Å². The van der Waals surface area contributed by atoms with Crippen LogP contribution in [-0.2, 0) is 0 Å². The zero-order chi connectivity index (χ0) is 9.42. The van der Waals surface area contributed by atoms with E-state index < -0.39 is 0 Å². The van der Waals surface area contributed by atoms with Crippen molar-refractivity contribution in [2.24, 2.45) is 0 Å². The number of carbonyl (C=O) groups excluding carboxylic acids is 2. The lowest BCUT2D eigenvalue weighted by Gasteiger charge is -1.99. The van der Waals surface area contributed by atoms with Gasteiger partial charge in [-0.05, 0) is 30.7 Å². The summed E-state index contributed by atoms with van der Waals surface area (Å²) in [6.45, 7) is 1.52. The average Bonchev–Trinajstić information content (AvgIpc) is 2.47. The number of fused-ring (bicyclic) bond motifs is 1. The maximum absolute atomic E-state index is 11.2. The third kappa shape index (κ3) is 1.20. The van der Waals surface area contributed by atoms with Crippen molar-refractivity contribution >= 4 is 17.6 Å². The third-order valence-electron chi connectivity index (χ3n) is 2.14. The van der Waals surface area contributed by atoms with E-state index in [2.05, 4.69) is 0 Å². The fraction of sp³-hybridized carbons (Fsp3) is 0.0909. The van der Waals surface area contributed by atoms with Gasteiger partial charge in [-0.1, -0.05) is 12.1 Å². The van der Waals surface area contributed by atoms with Gasteiger partial charge in [-0.2, -0.15) is 0 Å². The fourth-order valence-corrected chi connectivity index (χ4v) is 1.40. The molecule has 1 aromatic rings. The third-order valence-corrected chi connectivity index (χ3v) is 2.14. The van der Waals surface area contributed by atoms with Crippen molar-refractivity contribution in [1.29, 1.82) is 0 Å². The largest absolute Gasteiger partial charge is 0.295 e. The lowest BCUT2D eigenvalue weighted by atomic mass is 10.0. The topological polar surface area (TPSA) is 34.1 Å². The zero-order valence-electron chi connectivity index (χ0n) is 7.20. The minimum Gasteiger partial charge on any atom is -0.295 e. The van der Waals surface area contributed by atoms with Crippen molar-refractivity contribution < 1.29 is 9.59 Å².